The van der Waals surface area contributed by atoms with E-state index >= 15 is 0 Å². The molecule has 0 unspecified atom stereocenters. The average Bonchev–Trinajstić information content (AvgIpc) is 3.43. The Bertz CT molecular complexity index is 1890. The smallest absolute Gasteiger partial charge is 0.263 e. The number of aryl methyl sites for hydroxylation is 2. The van der Waals surface area contributed by atoms with Crippen molar-refractivity contribution in [1.29, 1.82) is 5.26 Å². The Kier molecular flexibility index (Phi) is 7.34. The SMILES string of the molecule is Cc1cc(-c2cc(Cl)ccc2OCCn2c(C)nc3cnc(N4CCN(C)CC4)c(C#N)c3c2=O)c2sccc2n1. The fourth-order valence-corrected chi connectivity index (χ4v) is 6.35. The first-order valence-electron chi connectivity index (χ1n) is 13.4. The molecule has 0 atom stereocenters. The van der Waals surface area contributed by atoms with Crippen LogP contribution in [0.15, 0.2) is 46.7 Å². The van der Waals surface area contributed by atoms with Crippen LogP contribution < -0.4 is 15.2 Å². The van der Waals surface area contributed by atoms with Gasteiger partial charge in [-0.3, -0.25) is 14.3 Å². The van der Waals surface area contributed by atoms with Crippen LogP contribution >= 0.6 is 22.9 Å². The van der Waals surface area contributed by atoms with Crippen molar-refractivity contribution in [3.63, 3.8) is 0 Å². The second-order valence-electron chi connectivity index (χ2n) is 10.2. The summed E-state index contributed by atoms with van der Waals surface area (Å²) in [5, 5.41) is 13.0. The Morgan fingerprint density at radius 1 is 1.07 bits per heavy atom. The zero-order valence-corrected chi connectivity index (χ0v) is 24.6. The van der Waals surface area contributed by atoms with Crippen LogP contribution in [-0.2, 0) is 6.54 Å². The minimum absolute atomic E-state index is 0.221. The van der Waals surface area contributed by atoms with Crippen LogP contribution in [-0.4, -0.2) is 64.3 Å². The van der Waals surface area contributed by atoms with Crippen LogP contribution in [0.1, 0.15) is 17.1 Å². The zero-order valence-electron chi connectivity index (χ0n) is 23.0. The molecule has 0 amide bonds. The number of hydrogen-bond acceptors (Lipinski definition) is 9. The van der Waals surface area contributed by atoms with E-state index in [4.69, 9.17) is 16.3 Å². The van der Waals surface area contributed by atoms with Gasteiger partial charge >= 0.3 is 0 Å². The van der Waals surface area contributed by atoms with Crippen LogP contribution in [0.4, 0.5) is 5.82 Å². The number of nitrogens with zero attached hydrogens (tertiary/aromatic N) is 7. The van der Waals surface area contributed by atoms with Gasteiger partial charge in [-0.15, -0.1) is 11.3 Å². The number of rotatable bonds is 6. The van der Waals surface area contributed by atoms with Crippen LogP contribution in [0.5, 0.6) is 5.75 Å². The van der Waals surface area contributed by atoms with Crippen molar-refractivity contribution in [3.05, 3.63) is 74.4 Å². The van der Waals surface area contributed by atoms with Crippen molar-refractivity contribution in [3.8, 4) is 22.9 Å². The summed E-state index contributed by atoms with van der Waals surface area (Å²) in [6.07, 6.45) is 1.60. The lowest BCUT2D eigenvalue weighted by atomic mass is 10.0. The molecular weight excluding hydrogens is 558 g/mol. The third-order valence-corrected chi connectivity index (χ3v) is 8.60. The van der Waals surface area contributed by atoms with Crippen molar-refractivity contribution >= 4 is 49.9 Å². The highest BCUT2D eigenvalue weighted by Crippen LogP contribution is 2.39. The largest absolute Gasteiger partial charge is 0.491 e. The second-order valence-corrected chi connectivity index (χ2v) is 11.5. The van der Waals surface area contributed by atoms with Crippen LogP contribution in [0.3, 0.4) is 0 Å². The van der Waals surface area contributed by atoms with Crippen LogP contribution in [0.2, 0.25) is 5.02 Å². The first-order chi connectivity index (χ1) is 19.8. The van der Waals surface area contributed by atoms with Gasteiger partial charge in [0.25, 0.3) is 5.56 Å². The Labute approximate surface area is 246 Å². The highest BCUT2D eigenvalue weighted by Gasteiger charge is 2.23. The number of ether oxygens (including phenoxy) is 1. The predicted molar refractivity (Wildman–Crippen MR) is 163 cm³/mol. The normalized spacial score (nSPS) is 14.1. The van der Waals surface area contributed by atoms with E-state index in [1.165, 1.54) is 0 Å². The van der Waals surface area contributed by atoms with Crippen molar-refractivity contribution in [2.24, 2.45) is 0 Å². The summed E-state index contributed by atoms with van der Waals surface area (Å²) in [6.45, 7) is 7.43. The van der Waals surface area contributed by atoms with Crippen molar-refractivity contribution in [2.75, 3.05) is 44.7 Å². The van der Waals surface area contributed by atoms with E-state index in [1.54, 1.807) is 35.1 Å². The van der Waals surface area contributed by atoms with Gasteiger partial charge in [-0.25, -0.2) is 9.97 Å². The predicted octanol–water partition coefficient (Wildman–Crippen LogP) is 5.04. The van der Waals surface area contributed by atoms with E-state index in [0.717, 1.165) is 53.2 Å². The molecular formula is C30H28ClN7O2S. The molecule has 1 fully saturated rings. The Morgan fingerprint density at radius 2 is 1.88 bits per heavy atom. The number of thiophene rings is 1. The molecule has 0 spiro atoms. The lowest BCUT2D eigenvalue weighted by Crippen LogP contribution is -2.45. The molecule has 0 aliphatic carbocycles. The summed E-state index contributed by atoms with van der Waals surface area (Å²) in [4.78, 5) is 31.9. The summed E-state index contributed by atoms with van der Waals surface area (Å²) in [7, 11) is 2.07. The monoisotopic (exact) mass is 585 g/mol. The third kappa shape index (κ3) is 5.12. The number of halogens is 1. The van der Waals surface area contributed by atoms with Gasteiger partial charge < -0.3 is 14.5 Å². The molecule has 5 heterocycles. The molecule has 9 nitrogen and oxygen atoms in total. The van der Waals surface area contributed by atoms with E-state index in [9.17, 15) is 10.1 Å². The lowest BCUT2D eigenvalue weighted by Gasteiger charge is -2.33. The molecule has 1 saturated heterocycles. The number of aromatic nitrogens is 4. The molecule has 11 heteroatoms. The van der Waals surface area contributed by atoms with Gasteiger partial charge in [0.1, 0.15) is 35.6 Å². The Balaban J connectivity index is 1.32. The quantitative estimate of drug-likeness (QED) is 0.273. The number of piperazine rings is 1. The summed E-state index contributed by atoms with van der Waals surface area (Å²) in [6, 6.07) is 11.8. The maximum atomic E-state index is 13.8. The maximum Gasteiger partial charge on any atom is 0.263 e. The van der Waals surface area contributed by atoms with Gasteiger partial charge in [0.05, 0.1) is 33.9 Å². The first kappa shape index (κ1) is 27.1. The van der Waals surface area contributed by atoms with Crippen LogP contribution in [0.25, 0.3) is 32.2 Å². The molecule has 1 aliphatic heterocycles. The van der Waals surface area contributed by atoms with E-state index in [1.807, 2.05) is 36.6 Å². The molecule has 5 aromatic rings. The number of benzene rings is 1. The Hall–Kier alpha value is -4.04. The van der Waals surface area contributed by atoms with E-state index < -0.39 is 0 Å². The number of fused-ring (bicyclic) bond motifs is 2. The summed E-state index contributed by atoms with van der Waals surface area (Å²) in [5.41, 5.74) is 4.12. The van der Waals surface area contributed by atoms with Gasteiger partial charge in [-0.1, -0.05) is 11.6 Å². The van der Waals surface area contributed by atoms with Gasteiger partial charge in [-0.2, -0.15) is 5.26 Å². The molecule has 0 bridgehead atoms. The molecule has 6 rings (SSSR count). The van der Waals surface area contributed by atoms with Crippen molar-refractivity contribution in [1.82, 2.24) is 24.4 Å². The molecule has 0 saturated carbocycles. The van der Waals surface area contributed by atoms with Gasteiger partial charge in [0.15, 0.2) is 0 Å². The minimum Gasteiger partial charge on any atom is -0.491 e. The number of hydrogen-bond donors (Lipinski definition) is 0. The van der Waals surface area contributed by atoms with Crippen molar-refractivity contribution < 1.29 is 4.74 Å². The number of nitriles is 1. The molecule has 0 N–H and O–H groups in total. The topological polar surface area (TPSA) is 100 Å². The molecule has 1 aliphatic rings. The summed E-state index contributed by atoms with van der Waals surface area (Å²) >= 11 is 8.02. The maximum absolute atomic E-state index is 13.8. The number of likely N-dealkylation sites (N-methyl/N-ethyl adjacent to an activating group) is 1. The third-order valence-electron chi connectivity index (χ3n) is 7.43. The van der Waals surface area contributed by atoms with Crippen molar-refractivity contribution in [2.45, 2.75) is 20.4 Å². The fourth-order valence-electron chi connectivity index (χ4n) is 5.31. The van der Waals surface area contributed by atoms with Gasteiger partial charge in [-0.05, 0) is 56.6 Å². The van der Waals surface area contributed by atoms with E-state index in [-0.39, 0.29) is 24.3 Å². The lowest BCUT2D eigenvalue weighted by molar-refractivity contribution is 0.295. The average molecular weight is 586 g/mol. The molecule has 4 aromatic heterocycles. The molecule has 41 heavy (non-hydrogen) atoms. The van der Waals surface area contributed by atoms with Gasteiger partial charge in [0.2, 0.25) is 0 Å². The molecule has 1 aromatic carbocycles. The summed E-state index contributed by atoms with van der Waals surface area (Å²) < 4.78 is 8.90. The highest BCUT2D eigenvalue weighted by molar-refractivity contribution is 7.17. The van der Waals surface area contributed by atoms with E-state index in [2.05, 4.69) is 37.9 Å². The standard InChI is InChI=1S/C30H28ClN7O2S/c1-18-14-22(28-24(34-18)6-13-41-28)21-15-20(31)4-5-26(21)40-12-11-38-19(2)35-25-17-33-29(23(16-32)27(25)30(38)39)37-9-7-36(3)8-10-37/h4-6,13-15,17H,7-12H2,1-3H3. The summed E-state index contributed by atoms with van der Waals surface area (Å²) in [5.74, 6) is 1.73. The van der Waals surface area contributed by atoms with E-state index in [0.29, 0.717) is 33.3 Å². The van der Waals surface area contributed by atoms with Crippen LogP contribution in [0, 0.1) is 25.2 Å². The van der Waals surface area contributed by atoms with Gasteiger partial charge in [0, 0.05) is 48.0 Å². The second kappa shape index (κ2) is 11.1. The zero-order chi connectivity index (χ0) is 28.7. The minimum atomic E-state index is -0.271. The Morgan fingerprint density at radius 3 is 2.66 bits per heavy atom. The molecule has 208 valence electrons. The first-order valence-corrected chi connectivity index (χ1v) is 14.6. The molecule has 0 radical (unpaired) electrons. The number of anilines is 1. The fraction of sp³-hybridized carbons (Fsp3) is 0.300. The number of pyridine rings is 2. The highest BCUT2D eigenvalue weighted by atomic mass is 35.5.